The second-order valence-electron chi connectivity index (χ2n) is 23.8. The molecule has 0 fully saturated rings. The van der Waals surface area contributed by atoms with Crippen LogP contribution in [0.15, 0.2) is 204 Å². The van der Waals surface area contributed by atoms with Gasteiger partial charge in [-0.25, -0.2) is 19.9 Å². The lowest BCUT2D eigenvalue weighted by Gasteiger charge is -2.17. The number of nitrogens with one attached hydrogen (secondary N) is 3. The molecule has 22 nitrogen and oxygen atoms in total. The van der Waals surface area contributed by atoms with Crippen molar-refractivity contribution in [1.82, 2.24) is 80.0 Å². The van der Waals surface area contributed by atoms with E-state index in [1.165, 1.54) is 34.1 Å². The van der Waals surface area contributed by atoms with Crippen molar-refractivity contribution in [3.63, 3.8) is 0 Å². The maximum absolute atomic E-state index is 12.4. The topological polar surface area (TPSA) is 270 Å². The molecule has 0 radical (unpaired) electrons. The molecule has 10 heterocycles. The van der Waals surface area contributed by atoms with Crippen molar-refractivity contribution < 1.29 is 17.8 Å². The summed E-state index contributed by atoms with van der Waals surface area (Å²) in [6.07, 6.45) is 15.0. The van der Waals surface area contributed by atoms with Crippen molar-refractivity contribution in [1.29, 1.82) is 0 Å². The van der Waals surface area contributed by atoms with Gasteiger partial charge in [0.15, 0.2) is 17.3 Å². The summed E-state index contributed by atoms with van der Waals surface area (Å²) in [6, 6.07) is 40.5. The SMILES string of the molecule is CCC(C)n1cc(-c2cnc(C)c(-c3cc(-c4ccc(CNC)cc4)no3)n2)ccc1=O.CCC(CC)n1cc(-c2cnc(C)c(-c3cc(-c4ccc(CNC)cc4)no3)n2)ccc1=O.CNCc1ccc(-c2cc(-c3nc(-c4ccc(=O)n(Cc5nccs5)c4)cnc3C)on2)cc1.[HH].[HH].[HH]. The molecule has 1 unspecified atom stereocenters. The summed E-state index contributed by atoms with van der Waals surface area (Å²) in [6.45, 7) is 16.8. The monoisotopic (exact) mass is 1350 g/mol. The highest BCUT2D eigenvalue weighted by molar-refractivity contribution is 7.09. The van der Waals surface area contributed by atoms with E-state index < -0.39 is 0 Å². The maximum Gasteiger partial charge on any atom is 0.250 e. The van der Waals surface area contributed by atoms with E-state index >= 15 is 0 Å². The first-order chi connectivity index (χ1) is 48.1. The van der Waals surface area contributed by atoms with Crippen LogP contribution in [0.1, 0.15) is 102 Å². The average Bonchev–Trinajstić information content (AvgIpc) is 1.44. The number of pyridine rings is 3. The Hall–Kier alpha value is -11.1. The molecule has 3 N–H and O–H groups in total. The molecule has 510 valence electrons. The van der Waals surface area contributed by atoms with Crippen molar-refractivity contribution in [3.8, 4) is 102 Å². The first kappa shape index (κ1) is 69.2. The first-order valence-corrected chi connectivity index (χ1v) is 33.7. The molecule has 13 rings (SSSR count). The Labute approximate surface area is 581 Å². The van der Waals surface area contributed by atoms with Crippen LogP contribution in [0, 0.1) is 20.8 Å². The molecule has 3 aromatic carbocycles. The van der Waals surface area contributed by atoms with Crippen molar-refractivity contribution in [2.75, 3.05) is 21.1 Å². The van der Waals surface area contributed by atoms with Crippen LogP contribution in [-0.4, -0.2) is 85.2 Å². The van der Waals surface area contributed by atoms with Gasteiger partial charge in [-0.15, -0.1) is 11.3 Å². The fourth-order valence-corrected chi connectivity index (χ4v) is 11.7. The zero-order chi connectivity index (χ0) is 69.5. The smallest absolute Gasteiger partial charge is 0.250 e. The number of aryl methyl sites for hydroxylation is 3. The van der Waals surface area contributed by atoms with Gasteiger partial charge >= 0.3 is 0 Å². The van der Waals surface area contributed by atoms with E-state index in [0.717, 1.165) is 111 Å². The third-order valence-corrected chi connectivity index (χ3v) is 17.7. The molecule has 0 aliphatic carbocycles. The van der Waals surface area contributed by atoms with E-state index in [-0.39, 0.29) is 33.0 Å². The lowest BCUT2D eigenvalue weighted by Crippen LogP contribution is -2.23. The van der Waals surface area contributed by atoms with Gasteiger partial charge in [-0.05, 0) is 103 Å². The van der Waals surface area contributed by atoms with Crippen LogP contribution < -0.4 is 32.6 Å². The summed E-state index contributed by atoms with van der Waals surface area (Å²) in [5.41, 5.74) is 17.2. The van der Waals surface area contributed by atoms with Gasteiger partial charge in [-0.1, -0.05) is 109 Å². The minimum Gasteiger partial charge on any atom is -0.354 e. The lowest BCUT2D eigenvalue weighted by molar-refractivity contribution is 0.433. The Morgan fingerprint density at radius 3 is 1.17 bits per heavy atom. The summed E-state index contributed by atoms with van der Waals surface area (Å²) in [4.78, 5) is 69.2. The summed E-state index contributed by atoms with van der Waals surface area (Å²) < 4.78 is 22.1. The van der Waals surface area contributed by atoms with Gasteiger partial charge in [0.1, 0.15) is 39.2 Å². The molecule has 0 saturated heterocycles. The molecule has 0 aliphatic rings. The van der Waals surface area contributed by atoms with Crippen LogP contribution in [-0.2, 0) is 26.2 Å². The number of hydrogen-bond donors (Lipinski definition) is 3. The third-order valence-electron chi connectivity index (χ3n) is 16.9. The molecular weight excluding hydrogens is 1270 g/mol. The lowest BCUT2D eigenvalue weighted by atomic mass is 10.1. The highest BCUT2D eigenvalue weighted by Gasteiger charge is 2.20. The van der Waals surface area contributed by atoms with Crippen LogP contribution in [0.25, 0.3) is 102 Å². The van der Waals surface area contributed by atoms with Gasteiger partial charge in [0.25, 0.3) is 16.7 Å². The molecule has 1 atom stereocenters. The third kappa shape index (κ3) is 16.7. The quantitative estimate of drug-likeness (QED) is 0.0569. The molecule has 99 heavy (non-hydrogen) atoms. The average molecular weight is 1350 g/mol. The maximum atomic E-state index is 12.4. The number of thiazole rings is 1. The van der Waals surface area contributed by atoms with E-state index in [0.29, 0.717) is 58.0 Å². The Morgan fingerprint density at radius 1 is 0.444 bits per heavy atom. The number of benzene rings is 3. The van der Waals surface area contributed by atoms with Crippen molar-refractivity contribution >= 4 is 11.3 Å². The molecule has 23 heteroatoms. The zero-order valence-corrected chi connectivity index (χ0v) is 57.8. The van der Waals surface area contributed by atoms with E-state index in [9.17, 15) is 14.4 Å². The van der Waals surface area contributed by atoms with Gasteiger partial charge in [0, 0.05) is 136 Å². The molecule has 0 spiro atoms. The minimum atomic E-state index is -0.0974. The number of nitrogens with zero attached hydrogens (tertiary/aromatic N) is 13. The second kappa shape index (κ2) is 32.3. The largest absolute Gasteiger partial charge is 0.354 e. The summed E-state index contributed by atoms with van der Waals surface area (Å²) in [7, 11) is 5.77. The van der Waals surface area contributed by atoms with Crippen molar-refractivity contribution in [2.24, 2.45) is 0 Å². The van der Waals surface area contributed by atoms with Crippen LogP contribution >= 0.6 is 11.3 Å². The van der Waals surface area contributed by atoms with Crippen LogP contribution in [0.4, 0.5) is 0 Å². The second-order valence-corrected chi connectivity index (χ2v) is 24.8. The highest BCUT2D eigenvalue weighted by atomic mass is 32.1. The normalized spacial score (nSPS) is 11.5. The minimum absolute atomic E-state index is 0. The summed E-state index contributed by atoms with van der Waals surface area (Å²) >= 11 is 1.51. The fourth-order valence-electron chi connectivity index (χ4n) is 11.1. The summed E-state index contributed by atoms with van der Waals surface area (Å²) in [5, 5.41) is 24.9. The fraction of sp³-hybridized carbons (Fsp3) is 0.250. The van der Waals surface area contributed by atoms with Gasteiger partial charge in [0.2, 0.25) is 0 Å². The number of aromatic nitrogens is 13. The number of hydrogen-bond acceptors (Lipinski definition) is 20. The molecule has 13 aromatic rings. The highest BCUT2D eigenvalue weighted by Crippen LogP contribution is 2.33. The van der Waals surface area contributed by atoms with Gasteiger partial charge in [-0.3, -0.25) is 29.3 Å². The van der Waals surface area contributed by atoms with E-state index in [2.05, 4.69) is 109 Å². The molecule has 0 saturated carbocycles. The van der Waals surface area contributed by atoms with Gasteiger partial charge < -0.3 is 43.2 Å². The Balaban J connectivity index is 0.000000191. The van der Waals surface area contributed by atoms with Crippen LogP contribution in [0.3, 0.4) is 0 Å². The molecule has 0 aliphatic heterocycles. The van der Waals surface area contributed by atoms with Crippen molar-refractivity contribution in [3.05, 3.63) is 246 Å². The van der Waals surface area contributed by atoms with Crippen molar-refractivity contribution in [2.45, 2.75) is 106 Å². The van der Waals surface area contributed by atoms with E-state index in [1.54, 1.807) is 75.0 Å². The first-order valence-electron chi connectivity index (χ1n) is 32.8. The molecular formula is C76H84N16O6S. The zero-order valence-electron chi connectivity index (χ0n) is 57.0. The van der Waals surface area contributed by atoms with E-state index in [4.69, 9.17) is 28.5 Å². The van der Waals surface area contributed by atoms with Gasteiger partial charge in [-0.2, -0.15) is 0 Å². The molecule has 10 aromatic heterocycles. The Bertz CT molecular complexity index is 5050. The summed E-state index contributed by atoms with van der Waals surface area (Å²) in [5.74, 6) is 1.66. The molecule has 0 amide bonds. The number of rotatable bonds is 22. The van der Waals surface area contributed by atoms with Gasteiger partial charge in [0.05, 0.1) is 59.3 Å². The Kier molecular flexibility index (Phi) is 22.6. The predicted octanol–water partition coefficient (Wildman–Crippen LogP) is 14.5. The van der Waals surface area contributed by atoms with E-state index in [1.807, 2.05) is 121 Å². The standard InChI is InChI=1S/C26H29N5O2.C25H22N6O2S.C25H27N5O2.3H2/c1-5-21(6-2)31-16-20(11-12-25(31)32)23-15-28-17(3)26(29-23)24-13-22(30-33-24)19-9-7-18(8-10-19)14-27-4;1-16-25(22-11-20(30-33-22)18-5-3-17(4-6-18)12-26-2)29-21(13-28-16)19-7-8-24(32)31(14-19)15-23-27-9-10-34-23;1-5-16(2)30-15-20(10-11-24(30)31)22-14-27-17(3)25(28-22)23-12-21(29-32-23)19-8-6-18(7-9-19)13-26-4;;;/h7-13,15-16,21,27H,5-6,14H2,1-4H3;3-11,13-14,26H,12,15H2,1-2H3;6-12,14-16,26H,5,13H2,1-4H3;3*1H. The molecule has 0 bridgehead atoms. The predicted molar refractivity (Wildman–Crippen MR) is 393 cm³/mol. The Morgan fingerprint density at radius 2 is 0.808 bits per heavy atom. The van der Waals surface area contributed by atoms with Crippen LogP contribution in [0.2, 0.25) is 0 Å². The van der Waals surface area contributed by atoms with Crippen LogP contribution in [0.5, 0.6) is 0 Å².